The molecule has 6 nitrogen and oxygen atoms in total. The number of ether oxygens (including phenoxy) is 1. The van der Waals surface area contributed by atoms with E-state index in [0.717, 1.165) is 31.6 Å². The number of nitrogens with two attached hydrogens (primary N) is 1. The third kappa shape index (κ3) is 3.39. The molecule has 20 heavy (non-hydrogen) atoms. The average molecular weight is 281 g/mol. The van der Waals surface area contributed by atoms with E-state index in [2.05, 4.69) is 4.57 Å². The minimum atomic E-state index is -0.364. The van der Waals surface area contributed by atoms with Crippen LogP contribution in [-0.4, -0.2) is 49.0 Å². The lowest BCUT2D eigenvalue weighted by molar-refractivity contribution is -0.180. The zero-order chi connectivity index (χ0) is 14.5. The Morgan fingerprint density at radius 1 is 1.35 bits per heavy atom. The van der Waals surface area contributed by atoms with Crippen LogP contribution in [0.3, 0.4) is 0 Å². The van der Waals surface area contributed by atoms with E-state index in [9.17, 15) is 4.79 Å². The van der Waals surface area contributed by atoms with Gasteiger partial charge in [0.15, 0.2) is 0 Å². The van der Waals surface area contributed by atoms with Crippen LogP contribution in [0.1, 0.15) is 35.1 Å². The molecule has 1 amide bonds. The smallest absolute Gasteiger partial charge is 0.265 e. The molecule has 1 aromatic rings. The molecule has 1 aliphatic rings. The average Bonchev–Trinajstić information content (AvgIpc) is 2.82. The third-order valence-electron chi connectivity index (χ3n) is 3.72. The van der Waals surface area contributed by atoms with Crippen LogP contribution in [-0.2, 0) is 9.57 Å². The molecule has 2 rings (SSSR count). The molecular formula is C14H23N3O3. The van der Waals surface area contributed by atoms with Crippen LogP contribution in [0.4, 0.5) is 0 Å². The van der Waals surface area contributed by atoms with Crippen LogP contribution < -0.4 is 5.73 Å². The Morgan fingerprint density at radius 3 is 2.65 bits per heavy atom. The lowest BCUT2D eigenvalue weighted by Crippen LogP contribution is -2.36. The van der Waals surface area contributed by atoms with Crippen molar-refractivity contribution in [1.29, 1.82) is 0 Å². The van der Waals surface area contributed by atoms with Gasteiger partial charge in [-0.1, -0.05) is 0 Å². The molecule has 112 valence electrons. The second-order valence-corrected chi connectivity index (χ2v) is 5.08. The molecule has 0 saturated carbocycles. The van der Waals surface area contributed by atoms with E-state index in [1.165, 1.54) is 0 Å². The molecule has 0 spiro atoms. The molecule has 1 aliphatic heterocycles. The van der Waals surface area contributed by atoms with Gasteiger partial charge in [0.05, 0.1) is 13.2 Å². The van der Waals surface area contributed by atoms with Gasteiger partial charge in [0.2, 0.25) is 0 Å². The molecule has 0 aliphatic carbocycles. The van der Waals surface area contributed by atoms with E-state index in [0.29, 0.717) is 24.9 Å². The molecule has 6 heteroatoms. The van der Waals surface area contributed by atoms with Gasteiger partial charge in [-0.15, -0.1) is 0 Å². The molecule has 0 unspecified atom stereocenters. The lowest BCUT2D eigenvalue weighted by Gasteiger charge is -2.33. The van der Waals surface area contributed by atoms with E-state index in [-0.39, 0.29) is 5.91 Å². The summed E-state index contributed by atoms with van der Waals surface area (Å²) in [6.45, 7) is 4.89. The summed E-state index contributed by atoms with van der Waals surface area (Å²) in [4.78, 5) is 17.1. The molecule has 2 heterocycles. The second kappa shape index (κ2) is 6.88. The van der Waals surface area contributed by atoms with Crippen LogP contribution in [0.5, 0.6) is 0 Å². The third-order valence-corrected chi connectivity index (χ3v) is 3.72. The van der Waals surface area contributed by atoms with E-state index in [1.54, 1.807) is 13.2 Å². The normalized spacial score (nSPS) is 17.5. The number of hydrogen-bond acceptors (Lipinski definition) is 4. The van der Waals surface area contributed by atoms with Crippen molar-refractivity contribution in [1.82, 2.24) is 9.63 Å². The number of carbonyl (C=O) groups excluding carboxylic acids is 1. The van der Waals surface area contributed by atoms with Crippen molar-refractivity contribution in [3.8, 4) is 0 Å². The highest BCUT2D eigenvalue weighted by atomic mass is 16.7. The summed E-state index contributed by atoms with van der Waals surface area (Å²) in [5.74, 6) is -0.364. The highest BCUT2D eigenvalue weighted by Gasteiger charge is 2.24. The number of amides is 1. The van der Waals surface area contributed by atoms with Crippen molar-refractivity contribution in [2.24, 2.45) is 5.73 Å². The molecule has 2 N–H and O–H groups in total. The van der Waals surface area contributed by atoms with Crippen molar-refractivity contribution in [3.05, 3.63) is 23.5 Å². The minimum absolute atomic E-state index is 0.315. The van der Waals surface area contributed by atoms with E-state index in [1.807, 2.05) is 18.1 Å². The monoisotopic (exact) mass is 281 g/mol. The molecule has 1 aromatic heterocycles. The Hall–Kier alpha value is -1.37. The summed E-state index contributed by atoms with van der Waals surface area (Å²) in [7, 11) is 1.66. The molecule has 1 fully saturated rings. The Balaban J connectivity index is 1.94. The number of primary amides is 1. The van der Waals surface area contributed by atoms with Gasteiger partial charge in [-0.2, -0.15) is 5.06 Å². The van der Waals surface area contributed by atoms with Crippen molar-refractivity contribution < 1.29 is 14.4 Å². The fourth-order valence-corrected chi connectivity index (χ4v) is 2.71. The first-order valence-electron chi connectivity index (χ1n) is 6.98. The molecule has 1 saturated heterocycles. The number of carbonyl (C=O) groups is 1. The van der Waals surface area contributed by atoms with Gasteiger partial charge in [0, 0.05) is 31.9 Å². The standard InChI is InChI=1S/C14H23N3O3/c1-11-3-4-13(14(15)18)17(11)12-5-7-16(8-6-12)20-10-9-19-2/h3-4,12H,5-10H2,1-2H3,(H2,15,18). The summed E-state index contributed by atoms with van der Waals surface area (Å²) >= 11 is 0. The van der Waals surface area contributed by atoms with Gasteiger partial charge in [-0.25, -0.2) is 0 Å². The lowest BCUT2D eigenvalue weighted by atomic mass is 10.1. The first-order chi connectivity index (χ1) is 9.63. The Kier molecular flexibility index (Phi) is 5.17. The summed E-state index contributed by atoms with van der Waals surface area (Å²) < 4.78 is 7.03. The Morgan fingerprint density at radius 2 is 2.05 bits per heavy atom. The largest absolute Gasteiger partial charge is 0.382 e. The van der Waals surface area contributed by atoms with E-state index >= 15 is 0 Å². The van der Waals surface area contributed by atoms with Crippen LogP contribution >= 0.6 is 0 Å². The van der Waals surface area contributed by atoms with Gasteiger partial charge >= 0.3 is 0 Å². The van der Waals surface area contributed by atoms with Crippen LogP contribution in [0.15, 0.2) is 12.1 Å². The van der Waals surface area contributed by atoms with Crippen LogP contribution in [0, 0.1) is 6.92 Å². The predicted octanol–water partition coefficient (Wildman–Crippen LogP) is 1.11. The first-order valence-corrected chi connectivity index (χ1v) is 6.98. The summed E-state index contributed by atoms with van der Waals surface area (Å²) in [6.07, 6.45) is 1.89. The van der Waals surface area contributed by atoms with Gasteiger partial charge in [-0.3, -0.25) is 9.63 Å². The second-order valence-electron chi connectivity index (χ2n) is 5.08. The number of aromatic nitrogens is 1. The van der Waals surface area contributed by atoms with Crippen LogP contribution in [0.2, 0.25) is 0 Å². The number of nitrogens with zero attached hydrogens (tertiary/aromatic N) is 2. The fraction of sp³-hybridized carbons (Fsp3) is 0.643. The Labute approximate surface area is 119 Å². The first kappa shape index (κ1) is 15.0. The van der Waals surface area contributed by atoms with Crippen molar-refractivity contribution in [3.63, 3.8) is 0 Å². The zero-order valence-electron chi connectivity index (χ0n) is 12.2. The number of piperidine rings is 1. The molecule has 0 radical (unpaired) electrons. The summed E-state index contributed by atoms with van der Waals surface area (Å²) in [5.41, 5.74) is 7.11. The highest BCUT2D eigenvalue weighted by molar-refractivity contribution is 5.91. The Bertz CT molecular complexity index is 451. The number of methoxy groups -OCH3 is 1. The zero-order valence-corrected chi connectivity index (χ0v) is 12.2. The summed E-state index contributed by atoms with van der Waals surface area (Å²) in [5, 5.41) is 1.97. The van der Waals surface area contributed by atoms with Crippen LogP contribution in [0.25, 0.3) is 0 Å². The van der Waals surface area contributed by atoms with Crippen molar-refractivity contribution >= 4 is 5.91 Å². The predicted molar refractivity (Wildman–Crippen MR) is 75.4 cm³/mol. The van der Waals surface area contributed by atoms with Gasteiger partial charge in [0.1, 0.15) is 5.69 Å². The van der Waals surface area contributed by atoms with Crippen molar-refractivity contribution in [2.75, 3.05) is 33.4 Å². The fourth-order valence-electron chi connectivity index (χ4n) is 2.71. The maximum atomic E-state index is 11.5. The topological polar surface area (TPSA) is 69.7 Å². The van der Waals surface area contributed by atoms with Gasteiger partial charge in [0.25, 0.3) is 5.91 Å². The number of aryl methyl sites for hydroxylation is 1. The molecule has 0 atom stereocenters. The number of rotatable bonds is 6. The maximum Gasteiger partial charge on any atom is 0.265 e. The number of hydrogen-bond donors (Lipinski definition) is 1. The quantitative estimate of drug-likeness (QED) is 0.793. The SMILES string of the molecule is COCCON1CCC(n2c(C)ccc2C(N)=O)CC1. The van der Waals surface area contributed by atoms with Gasteiger partial charge in [-0.05, 0) is 31.9 Å². The van der Waals surface area contributed by atoms with E-state index in [4.69, 9.17) is 15.3 Å². The summed E-state index contributed by atoms with van der Waals surface area (Å²) in [6, 6.07) is 4.07. The molecule has 0 aromatic carbocycles. The van der Waals surface area contributed by atoms with Crippen molar-refractivity contribution in [2.45, 2.75) is 25.8 Å². The van der Waals surface area contributed by atoms with E-state index < -0.39 is 0 Å². The molecular weight excluding hydrogens is 258 g/mol. The highest BCUT2D eigenvalue weighted by Crippen LogP contribution is 2.26. The minimum Gasteiger partial charge on any atom is -0.382 e. The molecule has 0 bridgehead atoms. The maximum absolute atomic E-state index is 11.5. The van der Waals surface area contributed by atoms with Gasteiger partial charge < -0.3 is 15.0 Å². The number of hydroxylamine groups is 2.